The van der Waals surface area contributed by atoms with Crippen LogP contribution in [-0.4, -0.2) is 4.98 Å². The summed E-state index contributed by atoms with van der Waals surface area (Å²) in [5, 5.41) is 3.78. The van der Waals surface area contributed by atoms with E-state index in [0.29, 0.717) is 0 Å². The van der Waals surface area contributed by atoms with Crippen LogP contribution in [0.15, 0.2) is 59.5 Å². The van der Waals surface area contributed by atoms with Crippen molar-refractivity contribution in [2.24, 2.45) is 0 Å². The Balaban J connectivity index is 1.93. The third-order valence-electron chi connectivity index (χ3n) is 4.38. The smallest absolute Gasteiger partial charge is 0.123 e. The Bertz CT molecular complexity index is 1050. The van der Waals surface area contributed by atoms with Gasteiger partial charge in [0.25, 0.3) is 0 Å². The van der Waals surface area contributed by atoms with Crippen molar-refractivity contribution >= 4 is 33.4 Å². The Morgan fingerprint density at radius 1 is 1.00 bits per heavy atom. The van der Waals surface area contributed by atoms with Gasteiger partial charge >= 0.3 is 0 Å². The van der Waals surface area contributed by atoms with Gasteiger partial charge in [0, 0.05) is 27.1 Å². The summed E-state index contributed by atoms with van der Waals surface area (Å²) in [6.07, 6.45) is 0. The lowest BCUT2D eigenvalue weighted by Crippen LogP contribution is -1.95. The molecule has 0 saturated carbocycles. The van der Waals surface area contributed by atoms with Crippen LogP contribution in [0.4, 0.5) is 4.39 Å². The van der Waals surface area contributed by atoms with Crippen molar-refractivity contribution in [3.63, 3.8) is 0 Å². The minimum absolute atomic E-state index is 0.185. The SMILES string of the molecule is Fc1ccc2c(c1)-c1[nH]c3ccc4ccccc4c3c1CS2. The third kappa shape index (κ3) is 1.60. The summed E-state index contributed by atoms with van der Waals surface area (Å²) >= 11 is 1.78. The van der Waals surface area contributed by atoms with Gasteiger partial charge in [-0.25, -0.2) is 4.39 Å². The lowest BCUT2D eigenvalue weighted by molar-refractivity contribution is 0.627. The van der Waals surface area contributed by atoms with E-state index in [1.54, 1.807) is 17.8 Å². The van der Waals surface area contributed by atoms with E-state index < -0.39 is 0 Å². The summed E-state index contributed by atoms with van der Waals surface area (Å²) in [6, 6.07) is 17.8. The molecule has 0 bridgehead atoms. The first-order valence-electron chi connectivity index (χ1n) is 7.26. The molecule has 4 aromatic rings. The number of H-pyrrole nitrogens is 1. The van der Waals surface area contributed by atoms with E-state index in [9.17, 15) is 4.39 Å². The lowest BCUT2D eigenvalue weighted by Gasteiger charge is -2.16. The van der Waals surface area contributed by atoms with Crippen molar-refractivity contribution in [1.82, 2.24) is 4.98 Å². The zero-order valence-corrected chi connectivity index (χ0v) is 12.5. The third-order valence-corrected chi connectivity index (χ3v) is 5.48. The van der Waals surface area contributed by atoms with Crippen LogP contribution in [0.25, 0.3) is 32.9 Å². The molecule has 0 spiro atoms. The van der Waals surface area contributed by atoms with Crippen molar-refractivity contribution < 1.29 is 4.39 Å². The summed E-state index contributed by atoms with van der Waals surface area (Å²) < 4.78 is 13.7. The Kier molecular flexibility index (Phi) is 2.44. The molecule has 1 aromatic heterocycles. The van der Waals surface area contributed by atoms with Crippen LogP contribution in [0.5, 0.6) is 0 Å². The van der Waals surface area contributed by atoms with Gasteiger partial charge < -0.3 is 4.98 Å². The van der Waals surface area contributed by atoms with E-state index in [-0.39, 0.29) is 5.82 Å². The number of aromatic amines is 1. The van der Waals surface area contributed by atoms with Crippen LogP contribution >= 0.6 is 11.8 Å². The van der Waals surface area contributed by atoms with Gasteiger partial charge in [-0.3, -0.25) is 0 Å². The van der Waals surface area contributed by atoms with Crippen LogP contribution < -0.4 is 0 Å². The van der Waals surface area contributed by atoms with Gasteiger partial charge in [-0.15, -0.1) is 11.8 Å². The average Bonchev–Trinajstić information content (AvgIpc) is 2.94. The number of halogens is 1. The molecule has 1 N–H and O–H groups in total. The average molecular weight is 305 g/mol. The molecular weight excluding hydrogens is 293 g/mol. The van der Waals surface area contributed by atoms with E-state index in [2.05, 4.69) is 41.4 Å². The number of nitrogens with one attached hydrogen (secondary N) is 1. The summed E-state index contributed by atoms with van der Waals surface area (Å²) in [5.74, 6) is 0.734. The second-order valence-corrected chi connectivity index (χ2v) is 6.63. The minimum atomic E-state index is -0.185. The van der Waals surface area contributed by atoms with Gasteiger partial charge in [-0.2, -0.15) is 0 Å². The maximum absolute atomic E-state index is 13.7. The van der Waals surface area contributed by atoms with Crippen LogP contribution in [0.3, 0.4) is 0 Å². The molecule has 5 rings (SSSR count). The fraction of sp³-hybridized carbons (Fsp3) is 0.0526. The summed E-state index contributed by atoms with van der Waals surface area (Å²) in [6.45, 7) is 0. The minimum Gasteiger partial charge on any atom is -0.354 e. The number of aromatic nitrogens is 1. The fourth-order valence-corrected chi connectivity index (χ4v) is 4.45. The molecule has 1 aliphatic rings. The van der Waals surface area contributed by atoms with Crippen LogP contribution in [-0.2, 0) is 5.75 Å². The van der Waals surface area contributed by atoms with Gasteiger partial charge in [0.1, 0.15) is 5.82 Å². The molecule has 2 heterocycles. The number of benzene rings is 3. The predicted molar refractivity (Wildman–Crippen MR) is 90.8 cm³/mol. The van der Waals surface area contributed by atoms with Gasteiger partial charge in [0.15, 0.2) is 0 Å². The van der Waals surface area contributed by atoms with Crippen LogP contribution in [0.2, 0.25) is 0 Å². The normalized spacial score (nSPS) is 13.3. The first-order chi connectivity index (χ1) is 10.8. The van der Waals surface area contributed by atoms with Crippen molar-refractivity contribution in [2.45, 2.75) is 10.6 Å². The summed E-state index contributed by atoms with van der Waals surface area (Å²) in [4.78, 5) is 4.65. The first-order valence-corrected chi connectivity index (χ1v) is 8.25. The van der Waals surface area contributed by atoms with Gasteiger partial charge in [0.2, 0.25) is 0 Å². The Morgan fingerprint density at radius 3 is 2.86 bits per heavy atom. The zero-order valence-electron chi connectivity index (χ0n) is 11.7. The van der Waals surface area contributed by atoms with Crippen molar-refractivity contribution in [3.8, 4) is 11.3 Å². The predicted octanol–water partition coefficient (Wildman–Crippen LogP) is 5.73. The molecule has 0 unspecified atom stereocenters. The molecule has 0 saturated heterocycles. The molecule has 22 heavy (non-hydrogen) atoms. The second kappa shape index (κ2) is 4.37. The number of rotatable bonds is 0. The number of thioether (sulfide) groups is 1. The largest absolute Gasteiger partial charge is 0.354 e. The molecule has 3 heteroatoms. The molecule has 1 aliphatic heterocycles. The highest BCUT2D eigenvalue weighted by molar-refractivity contribution is 7.98. The molecule has 1 nitrogen and oxygen atoms in total. The standard InChI is InChI=1S/C19H12FNS/c20-12-6-8-17-14(9-12)19-15(10-22-17)18-13-4-2-1-3-11(13)5-7-16(18)21-19/h1-9,21H,10H2. The Hall–Kier alpha value is -2.26. The molecule has 0 atom stereocenters. The Morgan fingerprint density at radius 2 is 1.91 bits per heavy atom. The quantitative estimate of drug-likeness (QED) is 0.438. The molecule has 0 aliphatic carbocycles. The number of hydrogen-bond acceptors (Lipinski definition) is 1. The molecule has 3 aromatic carbocycles. The van der Waals surface area contributed by atoms with Crippen molar-refractivity contribution in [2.75, 3.05) is 0 Å². The molecular formula is C19H12FNS. The van der Waals surface area contributed by atoms with Gasteiger partial charge in [-0.05, 0) is 40.6 Å². The van der Waals surface area contributed by atoms with Crippen LogP contribution in [0.1, 0.15) is 5.56 Å². The molecule has 0 amide bonds. The lowest BCUT2D eigenvalue weighted by atomic mass is 10.0. The number of fused-ring (bicyclic) bond motifs is 7. The molecule has 106 valence electrons. The fourth-order valence-electron chi connectivity index (χ4n) is 3.38. The number of hydrogen-bond donors (Lipinski definition) is 1. The van der Waals surface area contributed by atoms with Crippen molar-refractivity contribution in [3.05, 3.63) is 66.0 Å². The summed E-state index contributed by atoms with van der Waals surface area (Å²) in [5.41, 5.74) is 4.46. The highest BCUT2D eigenvalue weighted by Crippen LogP contribution is 2.45. The second-order valence-electron chi connectivity index (χ2n) is 5.62. The van der Waals surface area contributed by atoms with E-state index in [0.717, 1.165) is 27.4 Å². The Labute approximate surface area is 131 Å². The monoisotopic (exact) mass is 305 g/mol. The molecule has 0 radical (unpaired) electrons. The van der Waals surface area contributed by atoms with Crippen molar-refractivity contribution in [1.29, 1.82) is 0 Å². The zero-order chi connectivity index (χ0) is 14.7. The maximum Gasteiger partial charge on any atom is 0.123 e. The van der Waals surface area contributed by atoms with Crippen LogP contribution in [0, 0.1) is 5.82 Å². The molecule has 0 fully saturated rings. The van der Waals surface area contributed by atoms with Gasteiger partial charge in [0.05, 0.1) is 5.69 Å². The van der Waals surface area contributed by atoms with E-state index in [4.69, 9.17) is 0 Å². The van der Waals surface area contributed by atoms with E-state index in [1.165, 1.54) is 27.8 Å². The summed E-state index contributed by atoms with van der Waals surface area (Å²) in [7, 11) is 0. The van der Waals surface area contributed by atoms with Gasteiger partial charge in [-0.1, -0.05) is 30.3 Å². The highest BCUT2D eigenvalue weighted by Gasteiger charge is 2.22. The first kappa shape index (κ1) is 12.3. The highest BCUT2D eigenvalue weighted by atomic mass is 32.2. The maximum atomic E-state index is 13.7. The van der Waals surface area contributed by atoms with E-state index >= 15 is 0 Å². The topological polar surface area (TPSA) is 15.8 Å². The van der Waals surface area contributed by atoms with E-state index in [1.807, 2.05) is 6.07 Å².